The Labute approximate surface area is 35.4 Å². The Balaban J connectivity index is 3.40. The summed E-state index contributed by atoms with van der Waals surface area (Å²) < 4.78 is 11.3. The topological polar surface area (TPSA) is 23.8 Å². The zero-order valence-electron chi connectivity index (χ0n) is 2.98. The quantitative estimate of drug-likeness (QED) is 0.391. The molecule has 1 nitrogen and oxygen atoms in total. The number of halogens is 1. The first-order valence-electron chi connectivity index (χ1n) is 1.31. The van der Waals surface area contributed by atoms with E-state index in [0.717, 1.165) is 0 Å². The van der Waals surface area contributed by atoms with Crippen molar-refractivity contribution in [1.82, 2.24) is 0 Å². The van der Waals surface area contributed by atoms with Gasteiger partial charge in [-0.1, -0.05) is 5.92 Å². The van der Waals surface area contributed by atoms with Crippen molar-refractivity contribution in [1.29, 1.82) is 5.26 Å². The van der Waals surface area contributed by atoms with Gasteiger partial charge >= 0.3 is 0 Å². The van der Waals surface area contributed by atoms with Gasteiger partial charge in [0.05, 0.1) is 0 Å². The lowest BCUT2D eigenvalue weighted by Gasteiger charge is -1.72. The maximum absolute atomic E-state index is 11.3. The van der Waals surface area contributed by atoms with E-state index in [1.807, 2.05) is 0 Å². The number of hydrogen-bond donors (Lipinski definition) is 0. The summed E-state index contributed by atoms with van der Waals surface area (Å²) in [6, 6.07) is 1.21. The summed E-state index contributed by atoms with van der Waals surface area (Å²) in [6.45, 7) is 0. The fraction of sp³-hybridized carbons (Fsp3) is 0.250. The molecule has 0 fully saturated rings. The van der Waals surface area contributed by atoms with E-state index >= 15 is 0 Å². The van der Waals surface area contributed by atoms with Crippen molar-refractivity contribution in [3.63, 3.8) is 0 Å². The molecule has 0 aliphatic carbocycles. The second-order valence-corrected chi connectivity index (χ2v) is 0.658. The number of terminal acetylenes is 1. The number of nitriles is 1. The van der Waals surface area contributed by atoms with Crippen LogP contribution in [0.3, 0.4) is 0 Å². The highest BCUT2D eigenvalue weighted by molar-refractivity contribution is 5.06. The van der Waals surface area contributed by atoms with Crippen molar-refractivity contribution in [2.75, 3.05) is 0 Å². The lowest BCUT2D eigenvalue weighted by Crippen LogP contribution is -1.84. The van der Waals surface area contributed by atoms with Gasteiger partial charge in [-0.2, -0.15) is 5.26 Å². The predicted octanol–water partition coefficient (Wildman–Crippen LogP) is 0.481. The second-order valence-electron chi connectivity index (χ2n) is 0.658. The maximum Gasteiger partial charge on any atom is 0.245 e. The summed E-state index contributed by atoms with van der Waals surface area (Å²) in [7, 11) is 0. The molecule has 1 atom stereocenters. The third-order valence-electron chi connectivity index (χ3n) is 0.260. The Kier molecular flexibility index (Phi) is 1.85. The maximum atomic E-state index is 11.3. The normalized spacial score (nSPS) is 11.2. The Morgan fingerprint density at radius 2 is 2.33 bits per heavy atom. The summed E-state index contributed by atoms with van der Waals surface area (Å²) in [6.07, 6.45) is 2.70. The van der Waals surface area contributed by atoms with Gasteiger partial charge in [-0.05, 0) is 0 Å². The van der Waals surface area contributed by atoms with Crippen molar-refractivity contribution < 1.29 is 4.39 Å². The average molecular weight is 83.1 g/mol. The van der Waals surface area contributed by atoms with Gasteiger partial charge in [-0.3, -0.25) is 0 Å². The molecule has 0 spiro atoms. The Bertz CT molecular complexity index is 91.7. The van der Waals surface area contributed by atoms with E-state index in [0.29, 0.717) is 0 Å². The SMILES string of the molecule is C#CC(F)C#N. The Morgan fingerprint density at radius 3 is 2.33 bits per heavy atom. The van der Waals surface area contributed by atoms with E-state index in [9.17, 15) is 4.39 Å². The number of hydrogen-bond acceptors (Lipinski definition) is 1. The molecule has 0 aliphatic heterocycles. The molecule has 0 saturated carbocycles. The predicted molar refractivity (Wildman–Crippen MR) is 19.3 cm³/mol. The van der Waals surface area contributed by atoms with Crippen LogP contribution in [0.5, 0.6) is 0 Å². The Hall–Kier alpha value is -1.02. The molecule has 0 aromatic heterocycles. The lowest BCUT2D eigenvalue weighted by molar-refractivity contribution is 0.491. The minimum absolute atomic E-state index is 1.21. The summed E-state index contributed by atoms with van der Waals surface area (Å²) in [5, 5.41) is 7.57. The van der Waals surface area contributed by atoms with Gasteiger partial charge in [0.1, 0.15) is 6.07 Å². The standard InChI is InChI=1S/C4H2FN/c1-2-4(5)3-6/h1,4H. The van der Waals surface area contributed by atoms with E-state index in [1.54, 1.807) is 5.92 Å². The first kappa shape index (κ1) is 4.98. The van der Waals surface area contributed by atoms with Gasteiger partial charge in [0.25, 0.3) is 0 Å². The highest BCUT2D eigenvalue weighted by Crippen LogP contribution is 1.79. The van der Waals surface area contributed by atoms with Crippen molar-refractivity contribution in [3.05, 3.63) is 0 Å². The van der Waals surface area contributed by atoms with E-state index < -0.39 is 6.17 Å². The number of nitrogens with zero attached hydrogens (tertiary/aromatic N) is 1. The van der Waals surface area contributed by atoms with Crippen LogP contribution in [0.2, 0.25) is 0 Å². The lowest BCUT2D eigenvalue weighted by atomic mass is 10.5. The van der Waals surface area contributed by atoms with Crippen LogP contribution >= 0.6 is 0 Å². The molecule has 30 valence electrons. The van der Waals surface area contributed by atoms with Crippen LogP contribution in [-0.2, 0) is 0 Å². The molecule has 0 aliphatic rings. The van der Waals surface area contributed by atoms with Crippen molar-refractivity contribution in [3.8, 4) is 18.4 Å². The fourth-order valence-electron chi connectivity index (χ4n) is 0.0373. The summed E-state index contributed by atoms with van der Waals surface area (Å²) in [5.41, 5.74) is 0. The summed E-state index contributed by atoms with van der Waals surface area (Å²) in [4.78, 5) is 0. The molecule has 1 unspecified atom stereocenters. The molecular weight excluding hydrogens is 81.0 g/mol. The number of alkyl halides is 1. The van der Waals surface area contributed by atoms with E-state index in [1.165, 1.54) is 6.07 Å². The van der Waals surface area contributed by atoms with E-state index in [-0.39, 0.29) is 0 Å². The minimum atomic E-state index is -1.73. The van der Waals surface area contributed by atoms with Crippen LogP contribution in [-0.4, -0.2) is 6.17 Å². The largest absolute Gasteiger partial charge is 0.245 e. The molecule has 0 rings (SSSR count). The molecule has 2 heteroatoms. The molecule has 6 heavy (non-hydrogen) atoms. The van der Waals surface area contributed by atoms with Crippen molar-refractivity contribution >= 4 is 0 Å². The van der Waals surface area contributed by atoms with Crippen LogP contribution < -0.4 is 0 Å². The molecule has 0 radical (unpaired) electrons. The minimum Gasteiger partial charge on any atom is -0.217 e. The van der Waals surface area contributed by atoms with Crippen LogP contribution in [0.25, 0.3) is 0 Å². The van der Waals surface area contributed by atoms with Gasteiger partial charge in [0.2, 0.25) is 6.17 Å². The molecular formula is C4H2FN. The zero-order chi connectivity index (χ0) is 4.99. The molecule has 0 bridgehead atoms. The monoisotopic (exact) mass is 83.0 g/mol. The van der Waals surface area contributed by atoms with Gasteiger partial charge < -0.3 is 0 Å². The first-order chi connectivity index (χ1) is 2.81. The number of rotatable bonds is 0. The van der Waals surface area contributed by atoms with Crippen LogP contribution in [0.15, 0.2) is 0 Å². The summed E-state index contributed by atoms with van der Waals surface area (Å²) in [5.74, 6) is 1.59. The smallest absolute Gasteiger partial charge is 0.217 e. The van der Waals surface area contributed by atoms with Crippen molar-refractivity contribution in [2.24, 2.45) is 0 Å². The van der Waals surface area contributed by atoms with Crippen molar-refractivity contribution in [2.45, 2.75) is 6.17 Å². The van der Waals surface area contributed by atoms with E-state index in [2.05, 4.69) is 6.42 Å². The fourth-order valence-corrected chi connectivity index (χ4v) is 0.0373. The first-order valence-corrected chi connectivity index (χ1v) is 1.31. The van der Waals surface area contributed by atoms with Crippen LogP contribution in [0, 0.1) is 23.7 Å². The summed E-state index contributed by atoms with van der Waals surface area (Å²) >= 11 is 0. The van der Waals surface area contributed by atoms with Gasteiger partial charge in [-0.25, -0.2) is 4.39 Å². The average Bonchev–Trinajstić information content (AvgIpc) is 1.65. The highest BCUT2D eigenvalue weighted by atomic mass is 19.1. The molecule has 0 aromatic carbocycles. The van der Waals surface area contributed by atoms with Crippen LogP contribution in [0.1, 0.15) is 0 Å². The molecule has 0 amide bonds. The molecule has 0 aromatic rings. The molecule has 0 N–H and O–H groups in total. The van der Waals surface area contributed by atoms with E-state index in [4.69, 9.17) is 5.26 Å². The van der Waals surface area contributed by atoms with Crippen LogP contribution in [0.4, 0.5) is 4.39 Å². The molecule has 0 heterocycles. The van der Waals surface area contributed by atoms with Gasteiger partial charge in [0.15, 0.2) is 0 Å². The van der Waals surface area contributed by atoms with Gasteiger partial charge in [-0.15, -0.1) is 6.42 Å². The highest BCUT2D eigenvalue weighted by Gasteiger charge is 1.90. The molecule has 0 saturated heterocycles. The van der Waals surface area contributed by atoms with Gasteiger partial charge in [0, 0.05) is 0 Å². The zero-order valence-corrected chi connectivity index (χ0v) is 2.98. The Morgan fingerprint density at radius 1 is 1.83 bits per heavy atom. The third-order valence-corrected chi connectivity index (χ3v) is 0.260. The second kappa shape index (κ2) is 2.23. The third kappa shape index (κ3) is 1.32.